The van der Waals surface area contributed by atoms with E-state index < -0.39 is 0 Å². The third kappa shape index (κ3) is 4.28. The van der Waals surface area contributed by atoms with Crippen LogP contribution in [0.4, 0.5) is 17.2 Å². The van der Waals surface area contributed by atoms with E-state index in [9.17, 15) is 4.79 Å². The normalized spacial score (nSPS) is 10.1. The molecule has 0 unspecified atom stereocenters. The molecule has 0 fully saturated rings. The lowest BCUT2D eigenvalue weighted by molar-refractivity contribution is 0.102. The van der Waals surface area contributed by atoms with E-state index >= 15 is 0 Å². The molecule has 0 atom stereocenters. The Labute approximate surface area is 158 Å². The molecule has 6 heteroatoms. The Morgan fingerprint density at radius 2 is 1.93 bits per heavy atom. The number of nitrogens with one attached hydrogen (secondary N) is 1. The van der Waals surface area contributed by atoms with Gasteiger partial charge in [0, 0.05) is 24.0 Å². The molecule has 6 nitrogen and oxygen atoms in total. The number of aromatic nitrogens is 2. The van der Waals surface area contributed by atoms with Gasteiger partial charge in [-0.05, 0) is 55.8 Å². The average Bonchev–Trinajstić information content (AvgIpc) is 2.69. The summed E-state index contributed by atoms with van der Waals surface area (Å²) in [5.74, 6) is 0.326. The molecule has 0 radical (unpaired) electrons. The van der Waals surface area contributed by atoms with Crippen molar-refractivity contribution < 1.29 is 4.79 Å². The van der Waals surface area contributed by atoms with Gasteiger partial charge in [-0.25, -0.2) is 9.97 Å². The lowest BCUT2D eigenvalue weighted by atomic mass is 10.2. The van der Waals surface area contributed by atoms with Crippen LogP contribution in [-0.4, -0.2) is 22.4 Å². The van der Waals surface area contributed by atoms with Crippen molar-refractivity contribution in [1.82, 2.24) is 9.97 Å². The topological polar surface area (TPSA) is 81.9 Å². The first kappa shape index (κ1) is 18.1. The highest BCUT2D eigenvalue weighted by atomic mass is 16.1. The predicted octanol–water partition coefficient (Wildman–Crippen LogP) is 4.07. The van der Waals surface area contributed by atoms with Gasteiger partial charge in [0.05, 0.1) is 11.6 Å². The first-order chi connectivity index (χ1) is 13.1. The van der Waals surface area contributed by atoms with E-state index in [2.05, 4.69) is 21.4 Å². The minimum Gasteiger partial charge on any atom is -0.327 e. The van der Waals surface area contributed by atoms with Crippen LogP contribution in [0.5, 0.6) is 0 Å². The van der Waals surface area contributed by atoms with Crippen LogP contribution in [0.2, 0.25) is 0 Å². The second-order valence-electron chi connectivity index (χ2n) is 5.99. The summed E-state index contributed by atoms with van der Waals surface area (Å²) in [5, 5.41) is 11.6. The van der Waals surface area contributed by atoms with Gasteiger partial charge in [-0.1, -0.05) is 12.1 Å². The molecule has 2 aromatic carbocycles. The maximum atomic E-state index is 12.5. The maximum Gasteiger partial charge on any atom is 0.274 e. The Hall–Kier alpha value is -3.72. The third-order valence-corrected chi connectivity index (χ3v) is 4.06. The standard InChI is InChI=1S/C21H19N5O/c1-3-26(18-6-4-5-15(2)11-18)20-12-19(23-14-24-20)21(27)25-17-9-7-16(13-22)8-10-17/h4-12,14H,3H2,1-2H3,(H,25,27). The monoisotopic (exact) mass is 357 g/mol. The molecule has 0 aliphatic heterocycles. The second kappa shape index (κ2) is 8.11. The molecule has 3 aromatic rings. The Kier molecular flexibility index (Phi) is 5.43. The van der Waals surface area contributed by atoms with Crippen LogP contribution < -0.4 is 10.2 Å². The van der Waals surface area contributed by atoms with Crippen LogP contribution in [0.15, 0.2) is 60.9 Å². The zero-order valence-electron chi connectivity index (χ0n) is 15.2. The first-order valence-electron chi connectivity index (χ1n) is 8.58. The number of hydrogen-bond donors (Lipinski definition) is 1. The number of nitrogens with zero attached hydrogens (tertiary/aromatic N) is 4. The van der Waals surface area contributed by atoms with Crippen LogP contribution in [0.1, 0.15) is 28.5 Å². The van der Waals surface area contributed by atoms with Gasteiger partial charge in [0.15, 0.2) is 0 Å². The molecule has 27 heavy (non-hydrogen) atoms. The number of anilines is 3. The number of carbonyl (C=O) groups excluding carboxylic acids is 1. The summed E-state index contributed by atoms with van der Waals surface area (Å²) in [5.41, 5.74) is 3.57. The molecule has 1 heterocycles. The zero-order valence-corrected chi connectivity index (χ0v) is 15.2. The van der Waals surface area contributed by atoms with Crippen molar-refractivity contribution in [1.29, 1.82) is 5.26 Å². The Morgan fingerprint density at radius 3 is 2.59 bits per heavy atom. The molecule has 134 valence electrons. The van der Waals surface area contributed by atoms with Gasteiger partial charge in [0.25, 0.3) is 5.91 Å². The summed E-state index contributed by atoms with van der Waals surface area (Å²) in [6.07, 6.45) is 1.39. The van der Waals surface area contributed by atoms with Gasteiger partial charge in [-0.3, -0.25) is 4.79 Å². The summed E-state index contributed by atoms with van der Waals surface area (Å²) in [7, 11) is 0. The van der Waals surface area contributed by atoms with E-state index in [1.165, 1.54) is 6.33 Å². The Bertz CT molecular complexity index is 992. The van der Waals surface area contributed by atoms with Crippen LogP contribution in [0.25, 0.3) is 0 Å². The Balaban J connectivity index is 1.83. The SMILES string of the molecule is CCN(c1cccc(C)c1)c1cc(C(=O)Nc2ccc(C#N)cc2)ncn1. The van der Waals surface area contributed by atoms with Gasteiger partial charge in [-0.15, -0.1) is 0 Å². The van der Waals surface area contributed by atoms with Gasteiger partial charge in [0.1, 0.15) is 17.8 Å². The molecule has 0 saturated carbocycles. The summed E-state index contributed by atoms with van der Waals surface area (Å²) >= 11 is 0. The number of amides is 1. The molecule has 0 saturated heterocycles. The lowest BCUT2D eigenvalue weighted by Gasteiger charge is -2.22. The molecule has 0 aliphatic rings. The number of hydrogen-bond acceptors (Lipinski definition) is 5. The van der Waals surface area contributed by atoms with Crippen LogP contribution in [0, 0.1) is 18.3 Å². The maximum absolute atomic E-state index is 12.5. The molecular weight excluding hydrogens is 338 g/mol. The van der Waals surface area contributed by atoms with E-state index in [4.69, 9.17) is 5.26 Å². The highest BCUT2D eigenvalue weighted by Crippen LogP contribution is 2.24. The van der Waals surface area contributed by atoms with Crippen molar-refractivity contribution in [2.24, 2.45) is 0 Å². The van der Waals surface area contributed by atoms with Crippen molar-refractivity contribution in [2.45, 2.75) is 13.8 Å². The van der Waals surface area contributed by atoms with Gasteiger partial charge in [0.2, 0.25) is 0 Å². The van der Waals surface area contributed by atoms with E-state index in [1.807, 2.05) is 43.0 Å². The number of rotatable bonds is 5. The number of carbonyl (C=O) groups is 1. The fourth-order valence-corrected chi connectivity index (χ4v) is 2.71. The fourth-order valence-electron chi connectivity index (χ4n) is 2.71. The van der Waals surface area contributed by atoms with Crippen molar-refractivity contribution in [3.63, 3.8) is 0 Å². The quantitative estimate of drug-likeness (QED) is 0.744. The third-order valence-electron chi connectivity index (χ3n) is 4.06. The van der Waals surface area contributed by atoms with Gasteiger partial charge in [-0.2, -0.15) is 5.26 Å². The van der Waals surface area contributed by atoms with E-state index in [0.717, 1.165) is 11.3 Å². The van der Waals surface area contributed by atoms with Crippen LogP contribution in [0.3, 0.4) is 0 Å². The van der Waals surface area contributed by atoms with Gasteiger partial charge < -0.3 is 10.2 Å². The molecule has 1 amide bonds. The summed E-state index contributed by atoms with van der Waals surface area (Å²) in [6.45, 7) is 4.77. The molecule has 1 aromatic heterocycles. The van der Waals surface area contributed by atoms with Crippen LogP contribution in [-0.2, 0) is 0 Å². The smallest absolute Gasteiger partial charge is 0.274 e. The average molecular weight is 357 g/mol. The lowest BCUT2D eigenvalue weighted by Crippen LogP contribution is -2.20. The van der Waals surface area contributed by atoms with Crippen molar-refractivity contribution in [2.75, 3.05) is 16.8 Å². The molecule has 0 aliphatic carbocycles. The van der Waals surface area contributed by atoms with Crippen LogP contribution >= 0.6 is 0 Å². The zero-order chi connectivity index (χ0) is 19.2. The highest BCUT2D eigenvalue weighted by molar-refractivity contribution is 6.03. The predicted molar refractivity (Wildman–Crippen MR) is 105 cm³/mol. The molecule has 3 rings (SSSR count). The highest BCUT2D eigenvalue weighted by Gasteiger charge is 2.14. The summed E-state index contributed by atoms with van der Waals surface area (Å²) < 4.78 is 0. The summed E-state index contributed by atoms with van der Waals surface area (Å²) in [4.78, 5) is 23.0. The second-order valence-corrected chi connectivity index (χ2v) is 5.99. The number of aryl methyl sites for hydroxylation is 1. The fraction of sp³-hybridized carbons (Fsp3) is 0.143. The Morgan fingerprint density at radius 1 is 1.15 bits per heavy atom. The first-order valence-corrected chi connectivity index (χ1v) is 8.58. The molecule has 1 N–H and O–H groups in total. The minimum absolute atomic E-state index is 0.274. The molecular formula is C21H19N5O. The number of nitriles is 1. The molecule has 0 bridgehead atoms. The van der Waals surface area contributed by atoms with E-state index in [-0.39, 0.29) is 11.6 Å². The van der Waals surface area contributed by atoms with Crippen molar-refractivity contribution >= 4 is 23.1 Å². The van der Waals surface area contributed by atoms with Crippen molar-refractivity contribution in [3.05, 3.63) is 77.7 Å². The largest absolute Gasteiger partial charge is 0.327 e. The minimum atomic E-state index is -0.330. The van der Waals surface area contributed by atoms with Gasteiger partial charge >= 0.3 is 0 Å². The molecule has 0 spiro atoms. The number of benzene rings is 2. The van der Waals surface area contributed by atoms with Crippen molar-refractivity contribution in [3.8, 4) is 6.07 Å². The van der Waals surface area contributed by atoms with E-state index in [1.54, 1.807) is 30.3 Å². The summed E-state index contributed by atoms with van der Waals surface area (Å²) in [6, 6.07) is 18.5. The van der Waals surface area contributed by atoms with E-state index in [0.29, 0.717) is 23.6 Å².